The van der Waals surface area contributed by atoms with Gasteiger partial charge in [-0.3, -0.25) is 4.79 Å². The molecule has 11 heteroatoms. The van der Waals surface area contributed by atoms with Crippen molar-refractivity contribution >= 4 is 68.4 Å². The summed E-state index contributed by atoms with van der Waals surface area (Å²) in [6.07, 6.45) is 3.56. The lowest BCUT2D eigenvalue weighted by Crippen LogP contribution is -2.25. The van der Waals surface area contributed by atoms with Gasteiger partial charge in [-0.05, 0) is 98.5 Å². The van der Waals surface area contributed by atoms with Gasteiger partial charge in [0.2, 0.25) is 0 Å². The summed E-state index contributed by atoms with van der Waals surface area (Å²) in [5.41, 5.74) is 3.34. The molecule has 6 rings (SSSR count). The summed E-state index contributed by atoms with van der Waals surface area (Å²) in [7, 11) is 0. The molecule has 3 heterocycles. The van der Waals surface area contributed by atoms with E-state index in [0.29, 0.717) is 25.8 Å². The fraction of sp³-hybridized carbons (Fsp3) is 0.179. The van der Waals surface area contributed by atoms with E-state index in [2.05, 4.69) is 71.4 Å². The Morgan fingerprint density at radius 1 is 0.820 bits per heavy atom. The van der Waals surface area contributed by atoms with E-state index in [1.165, 1.54) is 55.7 Å². The van der Waals surface area contributed by atoms with E-state index in [1.807, 2.05) is 18.2 Å². The maximum absolute atomic E-state index is 12.7. The third-order valence-corrected chi connectivity index (χ3v) is 10.6. The number of hydrogen-bond acceptors (Lipinski definition) is 7. The summed E-state index contributed by atoms with van der Waals surface area (Å²) in [6.45, 7) is 3.70. The molecule has 50 heavy (non-hydrogen) atoms. The molecule has 0 saturated heterocycles. The first-order chi connectivity index (χ1) is 24.2. The maximum Gasteiger partial charge on any atom is 0.335 e. The third kappa shape index (κ3) is 7.47. The van der Waals surface area contributed by atoms with Crippen molar-refractivity contribution < 1.29 is 29.3 Å². The maximum atomic E-state index is 12.7. The molecule has 6 aromatic rings. The molecule has 0 spiro atoms. The van der Waals surface area contributed by atoms with Gasteiger partial charge in [0.25, 0.3) is 5.91 Å². The summed E-state index contributed by atoms with van der Waals surface area (Å²) < 4.78 is 7.91. The van der Waals surface area contributed by atoms with Crippen LogP contribution in [0, 0.1) is 11.3 Å². The van der Waals surface area contributed by atoms with Crippen LogP contribution < -0.4 is 10.1 Å². The highest BCUT2D eigenvalue weighted by atomic mass is 32.1. The number of carboxylic acids is 2. The predicted molar refractivity (Wildman–Crippen MR) is 198 cm³/mol. The zero-order valence-electron chi connectivity index (χ0n) is 27.1. The van der Waals surface area contributed by atoms with Gasteiger partial charge in [-0.15, -0.1) is 22.7 Å². The number of carboxylic acid groups (broad SMARTS) is 2. The second-order valence-electron chi connectivity index (χ2n) is 11.6. The number of carbonyl (C=O) groups excluding carboxylic acids is 1. The monoisotopic (exact) mass is 703 g/mol. The molecular formula is C39H33N3O6S2. The highest BCUT2D eigenvalue weighted by Crippen LogP contribution is 2.40. The Bertz CT molecular complexity index is 2270. The van der Waals surface area contributed by atoms with E-state index in [-0.39, 0.29) is 29.1 Å². The fourth-order valence-electron chi connectivity index (χ4n) is 5.85. The molecule has 3 aromatic heterocycles. The first-order valence-corrected chi connectivity index (χ1v) is 17.7. The van der Waals surface area contributed by atoms with Crippen molar-refractivity contribution in [1.29, 1.82) is 5.26 Å². The van der Waals surface area contributed by atoms with Crippen molar-refractivity contribution in [3.05, 3.63) is 107 Å². The molecular weight excluding hydrogens is 671 g/mol. The quantitative estimate of drug-likeness (QED) is 0.0584. The van der Waals surface area contributed by atoms with Gasteiger partial charge in [-0.2, -0.15) is 5.26 Å². The molecule has 0 atom stereocenters. The molecule has 0 aliphatic heterocycles. The van der Waals surface area contributed by atoms with E-state index in [9.17, 15) is 29.9 Å². The van der Waals surface area contributed by atoms with Crippen LogP contribution in [0.25, 0.3) is 48.1 Å². The number of aromatic nitrogens is 1. The molecule has 0 saturated carbocycles. The number of nitrogens with one attached hydrogen (secondary N) is 1. The normalized spacial score (nSPS) is 11.5. The number of ether oxygens (including phenoxy) is 1. The summed E-state index contributed by atoms with van der Waals surface area (Å²) in [5.74, 6) is -2.75. The number of thiophene rings is 2. The van der Waals surface area contributed by atoms with E-state index in [0.717, 1.165) is 27.2 Å². The van der Waals surface area contributed by atoms with Gasteiger partial charge in [0.1, 0.15) is 17.4 Å². The number of unbranched alkanes of at least 4 members (excludes halogenated alkanes) is 2. The van der Waals surface area contributed by atoms with E-state index < -0.39 is 17.8 Å². The molecule has 0 unspecified atom stereocenters. The summed E-state index contributed by atoms with van der Waals surface area (Å²) in [4.78, 5) is 39.4. The first kappa shape index (κ1) is 34.2. The molecule has 0 aliphatic carbocycles. The largest absolute Gasteiger partial charge is 0.494 e. The van der Waals surface area contributed by atoms with Crippen molar-refractivity contribution in [3.63, 3.8) is 0 Å². The van der Waals surface area contributed by atoms with E-state index >= 15 is 0 Å². The second kappa shape index (κ2) is 15.2. The van der Waals surface area contributed by atoms with Crippen LogP contribution in [0.3, 0.4) is 0 Å². The number of fused-ring (bicyclic) bond motifs is 3. The summed E-state index contributed by atoms with van der Waals surface area (Å²) in [6, 6.07) is 29.0. The Morgan fingerprint density at radius 2 is 1.52 bits per heavy atom. The van der Waals surface area contributed by atoms with Crippen molar-refractivity contribution in [3.8, 4) is 32.0 Å². The molecule has 3 aromatic carbocycles. The van der Waals surface area contributed by atoms with Gasteiger partial charge in [0.05, 0.1) is 17.7 Å². The Morgan fingerprint density at radius 3 is 2.26 bits per heavy atom. The summed E-state index contributed by atoms with van der Waals surface area (Å²) >= 11 is 3.24. The van der Waals surface area contributed by atoms with E-state index in [4.69, 9.17) is 4.74 Å². The Labute approximate surface area is 296 Å². The van der Waals surface area contributed by atoms with Crippen molar-refractivity contribution in [2.75, 3.05) is 13.2 Å². The highest BCUT2D eigenvalue weighted by Gasteiger charge is 2.15. The average Bonchev–Trinajstić information content (AvgIpc) is 3.87. The van der Waals surface area contributed by atoms with Crippen LogP contribution in [0.1, 0.15) is 51.8 Å². The fourth-order valence-corrected chi connectivity index (χ4v) is 7.89. The van der Waals surface area contributed by atoms with Crippen LogP contribution in [0.15, 0.2) is 90.5 Å². The minimum Gasteiger partial charge on any atom is -0.494 e. The number of para-hydroxylation sites is 1. The average molecular weight is 704 g/mol. The Hall–Kier alpha value is -5.70. The van der Waals surface area contributed by atoms with Crippen LogP contribution in [0.5, 0.6) is 5.75 Å². The van der Waals surface area contributed by atoms with Crippen LogP contribution in [-0.4, -0.2) is 45.8 Å². The zero-order valence-corrected chi connectivity index (χ0v) is 28.8. The number of benzene rings is 3. The van der Waals surface area contributed by atoms with Gasteiger partial charge in [0, 0.05) is 54.4 Å². The molecule has 0 fully saturated rings. The van der Waals surface area contributed by atoms with Crippen LogP contribution >= 0.6 is 22.7 Å². The number of rotatable bonds is 14. The van der Waals surface area contributed by atoms with E-state index in [1.54, 1.807) is 17.4 Å². The minimum absolute atomic E-state index is 0.0284. The number of amides is 1. The number of carbonyl (C=O) groups is 3. The molecule has 0 aliphatic rings. The van der Waals surface area contributed by atoms with Crippen LogP contribution in [0.4, 0.5) is 0 Å². The van der Waals surface area contributed by atoms with Crippen molar-refractivity contribution in [2.24, 2.45) is 0 Å². The highest BCUT2D eigenvalue weighted by molar-refractivity contribution is 7.24. The van der Waals surface area contributed by atoms with Gasteiger partial charge < -0.3 is 24.8 Å². The third-order valence-electron chi connectivity index (χ3n) is 8.28. The Kier molecular flexibility index (Phi) is 10.4. The standard InChI is InChI=1S/C39H33N3O6S2/c1-2-42-32-9-5-4-8-30(32)31-22-24(10-12-33(31)42)34-14-15-36(50-34)35-13-11-29(49-35)21-27(23-40)37(43)41-16-6-3-7-17-48-28-19-25(38(44)45)18-26(20-28)39(46)47/h4-5,8-15,18-22H,2-3,6-7,16-17H2,1H3,(H,41,43)(H,44,45)(H,46,47)/b27-21+. The second-order valence-corrected chi connectivity index (χ2v) is 13.7. The van der Waals surface area contributed by atoms with Crippen molar-refractivity contribution in [1.82, 2.24) is 9.88 Å². The lowest BCUT2D eigenvalue weighted by Gasteiger charge is -2.09. The topological polar surface area (TPSA) is 142 Å². The number of nitrogens with zero attached hydrogens (tertiary/aromatic N) is 2. The number of aromatic carboxylic acids is 2. The first-order valence-electron chi connectivity index (χ1n) is 16.1. The SMILES string of the molecule is CCn1c2ccccc2c2cc(-c3ccc(-c4ccc(/C=C(\C#N)C(=O)NCCCCCOc5cc(C(=O)O)cc(C(=O)O)c5)s4)s3)ccc21. The number of aryl methyl sites for hydroxylation is 1. The molecule has 1 amide bonds. The predicted octanol–water partition coefficient (Wildman–Crippen LogP) is 8.94. The van der Waals surface area contributed by atoms with Crippen LogP contribution in [0.2, 0.25) is 0 Å². The van der Waals surface area contributed by atoms with Crippen LogP contribution in [-0.2, 0) is 11.3 Å². The van der Waals surface area contributed by atoms with Crippen molar-refractivity contribution in [2.45, 2.75) is 32.7 Å². The van der Waals surface area contributed by atoms with Gasteiger partial charge in [-0.1, -0.05) is 24.3 Å². The smallest absolute Gasteiger partial charge is 0.335 e. The molecule has 0 radical (unpaired) electrons. The van der Waals surface area contributed by atoms with Gasteiger partial charge >= 0.3 is 11.9 Å². The minimum atomic E-state index is -1.24. The Balaban J connectivity index is 1.02. The number of nitriles is 1. The molecule has 3 N–H and O–H groups in total. The number of hydrogen-bond donors (Lipinski definition) is 3. The molecule has 0 bridgehead atoms. The molecule has 9 nitrogen and oxygen atoms in total. The zero-order chi connectivity index (χ0) is 35.2. The summed E-state index contributed by atoms with van der Waals surface area (Å²) in [5, 5.41) is 33.4. The lowest BCUT2D eigenvalue weighted by atomic mass is 10.1. The lowest BCUT2D eigenvalue weighted by molar-refractivity contribution is -0.117. The molecule has 252 valence electrons. The van der Waals surface area contributed by atoms with Gasteiger partial charge in [0.15, 0.2) is 0 Å². The van der Waals surface area contributed by atoms with Gasteiger partial charge in [-0.25, -0.2) is 9.59 Å².